The predicted octanol–water partition coefficient (Wildman–Crippen LogP) is -0.131. The molecule has 1 heterocycles. The molecule has 1 atom stereocenters. The van der Waals surface area contributed by atoms with E-state index in [1.54, 1.807) is 6.07 Å². The van der Waals surface area contributed by atoms with Crippen LogP contribution < -0.4 is 0 Å². The van der Waals surface area contributed by atoms with Gasteiger partial charge in [-0.05, 0) is 0 Å². The molecule has 0 saturated heterocycles. The Bertz CT molecular complexity index is 137. The quantitative estimate of drug-likeness (QED) is 0.438. The van der Waals surface area contributed by atoms with Gasteiger partial charge in [0.05, 0.1) is 0 Å². The minimum Gasteiger partial charge on any atom is -0.457 e. The first-order valence-corrected chi connectivity index (χ1v) is 2.08. The summed E-state index contributed by atoms with van der Waals surface area (Å²) in [6, 6.07) is 1.80. The van der Waals surface area contributed by atoms with Gasteiger partial charge in [0.25, 0.3) is 0 Å². The van der Waals surface area contributed by atoms with Gasteiger partial charge in [-0.3, -0.25) is 0 Å². The molecule has 4 heteroatoms. The fourth-order valence-corrected chi connectivity index (χ4v) is 0.346. The number of rotatable bonds is 0. The van der Waals surface area contributed by atoms with E-state index in [0.717, 1.165) is 0 Å². The summed E-state index contributed by atoms with van der Waals surface area (Å²) in [5.74, 6) is 0. The first-order valence-electron chi connectivity index (χ1n) is 2.08. The Labute approximate surface area is 46.3 Å². The number of hydrogen-bond donors (Lipinski definition) is 0. The van der Waals surface area contributed by atoms with Crippen LogP contribution in [0, 0.1) is 11.3 Å². The van der Waals surface area contributed by atoms with Gasteiger partial charge >= 0.3 is 0 Å². The third-order valence-corrected chi connectivity index (χ3v) is 0.675. The van der Waals surface area contributed by atoms with Gasteiger partial charge in [0.1, 0.15) is 6.07 Å². The number of aliphatic imine (C=N–C) groups is 1. The van der Waals surface area contributed by atoms with E-state index >= 15 is 0 Å². The molecule has 1 rings (SSSR count). The maximum absolute atomic E-state index is 8.15. The van der Waals surface area contributed by atoms with Crippen molar-refractivity contribution in [2.75, 3.05) is 6.79 Å². The lowest BCUT2D eigenvalue weighted by Gasteiger charge is -2.09. The van der Waals surface area contributed by atoms with Crippen LogP contribution in [0.1, 0.15) is 0 Å². The average molecular weight is 112 g/mol. The minimum absolute atomic E-state index is 0.127. The van der Waals surface area contributed by atoms with Crippen LogP contribution in [0.4, 0.5) is 0 Å². The summed E-state index contributed by atoms with van der Waals surface area (Å²) in [5, 5.41) is 8.15. The normalized spacial score (nSPS) is 26.1. The molecule has 8 heavy (non-hydrogen) atoms. The molecule has 0 bridgehead atoms. The zero-order chi connectivity index (χ0) is 5.82. The Morgan fingerprint density at radius 1 is 1.88 bits per heavy atom. The molecule has 0 aromatic rings. The Kier molecular flexibility index (Phi) is 1.45. The lowest BCUT2D eigenvalue weighted by molar-refractivity contribution is -0.0304. The Morgan fingerprint density at radius 3 is 3.12 bits per heavy atom. The van der Waals surface area contributed by atoms with Crippen LogP contribution >= 0.6 is 0 Å². The molecule has 42 valence electrons. The highest BCUT2D eigenvalue weighted by atomic mass is 16.7. The molecule has 1 aliphatic rings. The summed E-state index contributed by atoms with van der Waals surface area (Å²) in [5.41, 5.74) is 0. The second kappa shape index (κ2) is 2.28. The van der Waals surface area contributed by atoms with Crippen molar-refractivity contribution in [3.63, 3.8) is 0 Å². The first kappa shape index (κ1) is 5.06. The maximum atomic E-state index is 8.15. The van der Waals surface area contributed by atoms with Gasteiger partial charge in [0.15, 0.2) is 13.2 Å². The van der Waals surface area contributed by atoms with Crippen LogP contribution in [0.5, 0.6) is 0 Å². The molecule has 0 radical (unpaired) electrons. The molecule has 0 aliphatic carbocycles. The zero-order valence-electron chi connectivity index (χ0n) is 4.07. The van der Waals surface area contributed by atoms with Gasteiger partial charge in [0.2, 0.25) is 6.23 Å². The second-order valence-corrected chi connectivity index (χ2v) is 1.19. The molecular weight excluding hydrogens is 108 g/mol. The van der Waals surface area contributed by atoms with Gasteiger partial charge in [-0.2, -0.15) is 5.26 Å². The monoisotopic (exact) mass is 112 g/mol. The molecule has 0 spiro atoms. The van der Waals surface area contributed by atoms with Gasteiger partial charge < -0.3 is 9.47 Å². The molecule has 0 saturated carbocycles. The van der Waals surface area contributed by atoms with E-state index in [0.29, 0.717) is 0 Å². The van der Waals surface area contributed by atoms with Crippen LogP contribution in [-0.4, -0.2) is 19.4 Å². The van der Waals surface area contributed by atoms with Gasteiger partial charge in [-0.25, -0.2) is 4.99 Å². The Hall–Kier alpha value is -1.08. The Morgan fingerprint density at radius 2 is 2.75 bits per heavy atom. The third-order valence-electron chi connectivity index (χ3n) is 0.675. The largest absolute Gasteiger partial charge is 0.457 e. The lowest BCUT2D eigenvalue weighted by Crippen LogP contribution is -2.15. The van der Waals surface area contributed by atoms with Crippen LogP contribution in [0.2, 0.25) is 0 Å². The minimum atomic E-state index is -0.663. The van der Waals surface area contributed by atoms with Gasteiger partial charge in [-0.1, -0.05) is 0 Å². The first-order chi connectivity index (χ1) is 3.93. The summed E-state index contributed by atoms with van der Waals surface area (Å²) in [7, 11) is 0. The van der Waals surface area contributed by atoms with Crippen LogP contribution in [0.25, 0.3) is 0 Å². The summed E-state index contributed by atoms with van der Waals surface area (Å²) in [6.07, 6.45) is 0.556. The summed E-state index contributed by atoms with van der Waals surface area (Å²) in [6.45, 7) is 0.127. The molecule has 1 unspecified atom stereocenters. The fraction of sp³-hybridized carbons (Fsp3) is 0.500. The molecular formula is C4H4N2O2. The highest BCUT2D eigenvalue weighted by Crippen LogP contribution is 1.95. The summed E-state index contributed by atoms with van der Waals surface area (Å²) in [4.78, 5) is 3.52. The van der Waals surface area contributed by atoms with Crippen LogP contribution in [0.3, 0.4) is 0 Å². The second-order valence-electron chi connectivity index (χ2n) is 1.19. The van der Waals surface area contributed by atoms with Crippen molar-refractivity contribution in [1.29, 1.82) is 5.26 Å². The number of nitriles is 1. The number of hydrogen-bond acceptors (Lipinski definition) is 4. The third kappa shape index (κ3) is 0.950. The maximum Gasteiger partial charge on any atom is 0.242 e. The van der Waals surface area contributed by atoms with E-state index in [4.69, 9.17) is 5.26 Å². The topological polar surface area (TPSA) is 54.6 Å². The Balaban J connectivity index is 2.46. The molecule has 0 amide bonds. The molecule has 0 aromatic carbocycles. The van der Waals surface area contributed by atoms with Crippen molar-refractivity contribution in [3.8, 4) is 6.07 Å². The molecule has 0 fully saturated rings. The molecule has 0 N–H and O–H groups in total. The highest BCUT2D eigenvalue weighted by Gasteiger charge is 2.05. The molecule has 0 aromatic heterocycles. The predicted molar refractivity (Wildman–Crippen MR) is 24.9 cm³/mol. The van der Waals surface area contributed by atoms with Crippen molar-refractivity contribution < 1.29 is 9.47 Å². The fourth-order valence-electron chi connectivity index (χ4n) is 0.346. The number of ether oxygens (including phenoxy) is 2. The van der Waals surface area contributed by atoms with Crippen LogP contribution in [-0.2, 0) is 9.47 Å². The van der Waals surface area contributed by atoms with Crippen LogP contribution in [0.15, 0.2) is 4.99 Å². The number of nitrogens with zero attached hydrogens (tertiary/aromatic N) is 2. The van der Waals surface area contributed by atoms with E-state index in [1.165, 1.54) is 6.40 Å². The smallest absolute Gasteiger partial charge is 0.242 e. The van der Waals surface area contributed by atoms with Gasteiger partial charge in [0, 0.05) is 0 Å². The standard InChI is InChI=1S/C4H4N2O2/c5-1-4-6-2-7-3-8-4/h2,4H,3H2. The van der Waals surface area contributed by atoms with Crippen molar-refractivity contribution in [2.24, 2.45) is 4.99 Å². The van der Waals surface area contributed by atoms with Crippen molar-refractivity contribution in [2.45, 2.75) is 6.23 Å². The van der Waals surface area contributed by atoms with E-state index in [2.05, 4.69) is 14.5 Å². The van der Waals surface area contributed by atoms with E-state index in [1.807, 2.05) is 0 Å². The van der Waals surface area contributed by atoms with Crippen molar-refractivity contribution in [1.82, 2.24) is 0 Å². The summed E-state index contributed by atoms with van der Waals surface area (Å²) >= 11 is 0. The van der Waals surface area contributed by atoms with Gasteiger partial charge in [-0.15, -0.1) is 0 Å². The van der Waals surface area contributed by atoms with E-state index < -0.39 is 6.23 Å². The van der Waals surface area contributed by atoms with E-state index in [-0.39, 0.29) is 6.79 Å². The summed E-state index contributed by atoms with van der Waals surface area (Å²) < 4.78 is 9.18. The lowest BCUT2D eigenvalue weighted by atomic mass is 10.6. The van der Waals surface area contributed by atoms with Crippen molar-refractivity contribution >= 4 is 6.40 Å². The highest BCUT2D eigenvalue weighted by molar-refractivity contribution is 5.47. The molecule has 4 nitrogen and oxygen atoms in total. The van der Waals surface area contributed by atoms with Crippen molar-refractivity contribution in [3.05, 3.63) is 0 Å². The SMILES string of the molecule is N#CC1N=COCO1. The molecule has 1 aliphatic heterocycles. The van der Waals surface area contributed by atoms with E-state index in [9.17, 15) is 0 Å². The zero-order valence-corrected chi connectivity index (χ0v) is 4.07. The average Bonchev–Trinajstić information content (AvgIpc) is 1.90.